The van der Waals surface area contributed by atoms with Gasteiger partial charge in [-0.05, 0) is 19.1 Å². The third-order valence-corrected chi connectivity index (χ3v) is 2.32. The molecular weight excluding hydrogens is 236 g/mol. The molecule has 0 saturated heterocycles. The molecule has 0 radical (unpaired) electrons. The van der Waals surface area contributed by atoms with Crippen molar-refractivity contribution in [3.63, 3.8) is 0 Å². The highest BCUT2D eigenvalue weighted by molar-refractivity contribution is 5.98. The topological polar surface area (TPSA) is 89.9 Å². The Morgan fingerprint density at radius 1 is 1.17 bits per heavy atom. The SMILES string of the molecule is CC(NC(=O)c1cc(O)cc(O)c1)C(=O)N(C)C. The van der Waals surface area contributed by atoms with Crippen LogP contribution in [0.3, 0.4) is 0 Å². The maximum Gasteiger partial charge on any atom is 0.252 e. The normalized spacial score (nSPS) is 11.7. The molecule has 1 unspecified atom stereocenters. The van der Waals surface area contributed by atoms with Crippen LogP contribution in [-0.2, 0) is 4.79 Å². The molecule has 0 saturated carbocycles. The number of hydrogen-bond donors (Lipinski definition) is 3. The minimum absolute atomic E-state index is 0.0888. The van der Waals surface area contributed by atoms with Crippen LogP contribution in [0, 0.1) is 0 Å². The maximum absolute atomic E-state index is 11.8. The van der Waals surface area contributed by atoms with Crippen molar-refractivity contribution in [2.24, 2.45) is 0 Å². The Hall–Kier alpha value is -2.24. The first kappa shape index (κ1) is 13.8. The van der Waals surface area contributed by atoms with Gasteiger partial charge in [0.25, 0.3) is 5.91 Å². The summed E-state index contributed by atoms with van der Waals surface area (Å²) < 4.78 is 0. The number of aromatic hydroxyl groups is 2. The van der Waals surface area contributed by atoms with Crippen molar-refractivity contribution in [1.29, 1.82) is 0 Å². The molecule has 98 valence electrons. The van der Waals surface area contributed by atoms with Gasteiger partial charge in [-0.25, -0.2) is 0 Å². The van der Waals surface area contributed by atoms with E-state index in [4.69, 9.17) is 0 Å². The van der Waals surface area contributed by atoms with Gasteiger partial charge in [-0.15, -0.1) is 0 Å². The molecule has 0 aliphatic carbocycles. The van der Waals surface area contributed by atoms with E-state index in [0.29, 0.717) is 0 Å². The Balaban J connectivity index is 2.79. The number of phenols is 2. The third kappa shape index (κ3) is 3.38. The van der Waals surface area contributed by atoms with E-state index in [1.165, 1.54) is 17.0 Å². The van der Waals surface area contributed by atoms with Gasteiger partial charge in [-0.3, -0.25) is 9.59 Å². The van der Waals surface area contributed by atoms with Gasteiger partial charge in [0.05, 0.1) is 0 Å². The Kier molecular flexibility index (Phi) is 4.14. The molecule has 18 heavy (non-hydrogen) atoms. The minimum atomic E-state index is -0.683. The summed E-state index contributed by atoms with van der Waals surface area (Å²) in [6.07, 6.45) is 0. The zero-order chi connectivity index (χ0) is 13.9. The number of carbonyl (C=O) groups is 2. The van der Waals surface area contributed by atoms with Crippen molar-refractivity contribution in [3.8, 4) is 11.5 Å². The van der Waals surface area contributed by atoms with Gasteiger partial charge in [-0.2, -0.15) is 0 Å². The van der Waals surface area contributed by atoms with Gasteiger partial charge >= 0.3 is 0 Å². The predicted molar refractivity (Wildman–Crippen MR) is 65.4 cm³/mol. The molecule has 2 amide bonds. The molecule has 0 fully saturated rings. The van der Waals surface area contributed by atoms with E-state index in [9.17, 15) is 19.8 Å². The molecule has 0 heterocycles. The molecule has 1 atom stereocenters. The van der Waals surface area contributed by atoms with Crippen molar-refractivity contribution < 1.29 is 19.8 Å². The van der Waals surface area contributed by atoms with Crippen LogP contribution in [0.1, 0.15) is 17.3 Å². The summed E-state index contributed by atoms with van der Waals surface area (Å²) in [5, 5.41) is 21.0. The summed E-state index contributed by atoms with van der Waals surface area (Å²) in [4.78, 5) is 24.7. The summed E-state index contributed by atoms with van der Waals surface area (Å²) in [6, 6.07) is 2.85. The predicted octanol–water partition coefficient (Wildman–Crippen LogP) is 0.304. The molecule has 0 aliphatic heterocycles. The molecular formula is C12H16N2O4. The Labute approximate surface area is 105 Å². The van der Waals surface area contributed by atoms with Crippen LogP contribution >= 0.6 is 0 Å². The van der Waals surface area contributed by atoms with Gasteiger partial charge in [0.2, 0.25) is 5.91 Å². The van der Waals surface area contributed by atoms with E-state index in [-0.39, 0.29) is 23.0 Å². The van der Waals surface area contributed by atoms with Gasteiger partial charge in [0.1, 0.15) is 17.5 Å². The van der Waals surface area contributed by atoms with Crippen molar-refractivity contribution in [1.82, 2.24) is 10.2 Å². The average Bonchev–Trinajstić information content (AvgIpc) is 2.26. The average molecular weight is 252 g/mol. The van der Waals surface area contributed by atoms with Crippen LogP contribution in [0.4, 0.5) is 0 Å². The molecule has 0 bridgehead atoms. The molecule has 0 spiro atoms. The van der Waals surface area contributed by atoms with Crippen LogP contribution in [0.15, 0.2) is 18.2 Å². The van der Waals surface area contributed by atoms with Gasteiger partial charge in [-0.1, -0.05) is 0 Å². The quantitative estimate of drug-likeness (QED) is 0.722. The van der Waals surface area contributed by atoms with Crippen LogP contribution in [-0.4, -0.2) is 47.1 Å². The first-order valence-electron chi connectivity index (χ1n) is 5.36. The number of amides is 2. The first-order chi connectivity index (χ1) is 8.31. The maximum atomic E-state index is 11.8. The summed E-state index contributed by atoms with van der Waals surface area (Å²) in [6.45, 7) is 1.56. The fourth-order valence-electron chi connectivity index (χ4n) is 1.46. The Morgan fingerprint density at radius 3 is 2.11 bits per heavy atom. The lowest BCUT2D eigenvalue weighted by molar-refractivity contribution is -0.130. The number of benzene rings is 1. The zero-order valence-corrected chi connectivity index (χ0v) is 10.5. The number of likely N-dealkylation sites (N-methyl/N-ethyl adjacent to an activating group) is 1. The second-order valence-corrected chi connectivity index (χ2v) is 4.17. The summed E-state index contributed by atoms with van der Waals surface area (Å²) >= 11 is 0. The van der Waals surface area contributed by atoms with Gasteiger partial charge in [0.15, 0.2) is 0 Å². The highest BCUT2D eigenvalue weighted by atomic mass is 16.3. The molecule has 6 nitrogen and oxygen atoms in total. The highest BCUT2D eigenvalue weighted by Crippen LogP contribution is 2.20. The fourth-order valence-corrected chi connectivity index (χ4v) is 1.46. The second kappa shape index (κ2) is 5.39. The number of rotatable bonds is 3. The lowest BCUT2D eigenvalue weighted by Crippen LogP contribution is -2.44. The molecule has 6 heteroatoms. The fraction of sp³-hybridized carbons (Fsp3) is 0.333. The smallest absolute Gasteiger partial charge is 0.252 e. The third-order valence-electron chi connectivity index (χ3n) is 2.32. The monoisotopic (exact) mass is 252 g/mol. The lowest BCUT2D eigenvalue weighted by atomic mass is 10.1. The lowest BCUT2D eigenvalue weighted by Gasteiger charge is -2.18. The first-order valence-corrected chi connectivity index (χ1v) is 5.36. The van der Waals surface area contributed by atoms with Crippen LogP contribution in [0.5, 0.6) is 11.5 Å². The zero-order valence-electron chi connectivity index (χ0n) is 10.5. The summed E-state index contributed by atoms with van der Waals surface area (Å²) in [7, 11) is 3.18. The van der Waals surface area contributed by atoms with E-state index in [0.717, 1.165) is 6.07 Å². The van der Waals surface area contributed by atoms with Crippen molar-refractivity contribution in [2.75, 3.05) is 14.1 Å². The van der Waals surface area contributed by atoms with Crippen molar-refractivity contribution in [3.05, 3.63) is 23.8 Å². The largest absolute Gasteiger partial charge is 0.508 e. The molecule has 1 rings (SSSR count). The molecule has 0 aliphatic rings. The number of phenolic OH excluding ortho intramolecular Hbond substituents is 2. The number of nitrogens with one attached hydrogen (secondary N) is 1. The van der Waals surface area contributed by atoms with Crippen molar-refractivity contribution in [2.45, 2.75) is 13.0 Å². The van der Waals surface area contributed by atoms with Gasteiger partial charge < -0.3 is 20.4 Å². The summed E-state index contributed by atoms with van der Waals surface area (Å²) in [5.74, 6) is -1.21. The standard InChI is InChI=1S/C12H16N2O4/c1-7(12(18)14(2)3)13-11(17)8-4-9(15)6-10(16)5-8/h4-7,15-16H,1-3H3,(H,13,17). The molecule has 0 aromatic heterocycles. The summed E-state index contributed by atoms with van der Waals surface area (Å²) in [5.41, 5.74) is 0.0888. The molecule has 3 N–H and O–H groups in total. The molecule has 1 aromatic carbocycles. The Bertz CT molecular complexity index is 451. The van der Waals surface area contributed by atoms with Crippen molar-refractivity contribution >= 4 is 11.8 Å². The van der Waals surface area contributed by atoms with E-state index in [1.54, 1.807) is 21.0 Å². The van der Waals surface area contributed by atoms with E-state index >= 15 is 0 Å². The van der Waals surface area contributed by atoms with E-state index in [1.807, 2.05) is 0 Å². The number of nitrogens with zero attached hydrogens (tertiary/aromatic N) is 1. The minimum Gasteiger partial charge on any atom is -0.508 e. The van der Waals surface area contributed by atoms with Crippen LogP contribution in [0.25, 0.3) is 0 Å². The molecule has 1 aromatic rings. The van der Waals surface area contributed by atoms with Crippen LogP contribution < -0.4 is 5.32 Å². The highest BCUT2D eigenvalue weighted by Gasteiger charge is 2.18. The van der Waals surface area contributed by atoms with Crippen LogP contribution in [0.2, 0.25) is 0 Å². The van der Waals surface area contributed by atoms with E-state index < -0.39 is 11.9 Å². The second-order valence-electron chi connectivity index (χ2n) is 4.17. The van der Waals surface area contributed by atoms with E-state index in [2.05, 4.69) is 5.32 Å². The van der Waals surface area contributed by atoms with Gasteiger partial charge in [0, 0.05) is 25.7 Å². The number of carbonyl (C=O) groups excluding carboxylic acids is 2. The number of hydrogen-bond acceptors (Lipinski definition) is 4. The Morgan fingerprint density at radius 2 is 1.67 bits per heavy atom.